The molecule has 1 heterocycles. The molecule has 0 aliphatic heterocycles. The van der Waals surface area contributed by atoms with Crippen LogP contribution in [0.3, 0.4) is 0 Å². The molecule has 2 unspecified atom stereocenters. The third-order valence-electron chi connectivity index (χ3n) is 6.87. The van der Waals surface area contributed by atoms with Crippen molar-refractivity contribution in [2.75, 3.05) is 6.61 Å². The zero-order valence-corrected chi connectivity index (χ0v) is 19.8. The van der Waals surface area contributed by atoms with E-state index in [9.17, 15) is 0 Å². The number of ether oxygens (including phenoxy) is 1. The molecule has 0 N–H and O–H groups in total. The summed E-state index contributed by atoms with van der Waals surface area (Å²) in [5.74, 6) is 3.63. The molecule has 1 aromatic carbocycles. The van der Waals surface area contributed by atoms with E-state index in [1.165, 1.54) is 82.6 Å². The fourth-order valence-corrected chi connectivity index (χ4v) is 4.95. The molecule has 1 aromatic heterocycles. The number of aromatic nitrogens is 2. The summed E-state index contributed by atoms with van der Waals surface area (Å²) in [6.45, 7) is 5.33. The van der Waals surface area contributed by atoms with Crippen molar-refractivity contribution in [1.82, 2.24) is 9.97 Å². The zero-order valence-electron chi connectivity index (χ0n) is 19.8. The van der Waals surface area contributed by atoms with E-state index >= 15 is 0 Å². The number of hydrogen-bond acceptors (Lipinski definition) is 3. The molecule has 0 radical (unpaired) electrons. The van der Waals surface area contributed by atoms with Crippen molar-refractivity contribution in [1.29, 1.82) is 0 Å². The number of hydrogen-bond donors (Lipinski definition) is 0. The third kappa shape index (κ3) is 7.94. The maximum absolute atomic E-state index is 6.04. The van der Waals surface area contributed by atoms with E-state index in [0.717, 1.165) is 42.0 Å². The largest absolute Gasteiger partial charge is 0.494 e. The lowest BCUT2D eigenvalue weighted by Crippen LogP contribution is -2.20. The van der Waals surface area contributed by atoms with Gasteiger partial charge in [-0.25, -0.2) is 9.97 Å². The summed E-state index contributed by atoms with van der Waals surface area (Å²) in [5.41, 5.74) is 2.27. The van der Waals surface area contributed by atoms with Crippen molar-refractivity contribution >= 4 is 0 Å². The minimum atomic E-state index is 0.790. The van der Waals surface area contributed by atoms with Crippen LogP contribution in [-0.2, 0) is 6.42 Å². The fraction of sp³-hybridized carbons (Fsp3) is 0.643. The summed E-state index contributed by atoms with van der Waals surface area (Å²) in [7, 11) is 0. The standard InChI is InChI=1S/C28H42N2O/c1-3-5-7-12-24-13-8-9-14-25(24)15-10-20-31-27-18-16-26(17-19-27)28-29-21-23(22-30-28)11-6-4-2/h16-19,21-22,24-25H,3-15,20H2,1-2H3. The fourth-order valence-electron chi connectivity index (χ4n) is 4.95. The maximum atomic E-state index is 6.04. The summed E-state index contributed by atoms with van der Waals surface area (Å²) in [6.07, 6.45) is 21.2. The average molecular weight is 423 g/mol. The second-order valence-corrected chi connectivity index (χ2v) is 9.33. The van der Waals surface area contributed by atoms with Crippen LogP contribution in [0.2, 0.25) is 0 Å². The van der Waals surface area contributed by atoms with Gasteiger partial charge in [0.05, 0.1) is 6.61 Å². The van der Waals surface area contributed by atoms with Crippen LogP contribution in [0, 0.1) is 11.8 Å². The minimum Gasteiger partial charge on any atom is -0.494 e. The normalized spacial score (nSPS) is 18.8. The first-order valence-electron chi connectivity index (χ1n) is 12.8. The summed E-state index contributed by atoms with van der Waals surface area (Å²) in [5, 5.41) is 0. The maximum Gasteiger partial charge on any atom is 0.159 e. The van der Waals surface area contributed by atoms with Gasteiger partial charge in [0, 0.05) is 18.0 Å². The quantitative estimate of drug-likeness (QED) is 0.306. The monoisotopic (exact) mass is 422 g/mol. The summed E-state index contributed by atoms with van der Waals surface area (Å²) >= 11 is 0. The summed E-state index contributed by atoms with van der Waals surface area (Å²) in [4.78, 5) is 9.08. The topological polar surface area (TPSA) is 35.0 Å². The van der Waals surface area contributed by atoms with Crippen LogP contribution in [0.25, 0.3) is 11.4 Å². The van der Waals surface area contributed by atoms with E-state index < -0.39 is 0 Å². The molecule has 2 atom stereocenters. The molecular formula is C28H42N2O. The van der Waals surface area contributed by atoms with Crippen LogP contribution >= 0.6 is 0 Å². The Morgan fingerprint density at radius 1 is 0.806 bits per heavy atom. The van der Waals surface area contributed by atoms with Gasteiger partial charge in [0.2, 0.25) is 0 Å². The molecule has 1 aliphatic carbocycles. The van der Waals surface area contributed by atoms with E-state index in [0.29, 0.717) is 0 Å². The predicted octanol–water partition coefficient (Wildman–Crippen LogP) is 8.03. The van der Waals surface area contributed by atoms with Gasteiger partial charge in [-0.05, 0) is 67.3 Å². The first-order chi connectivity index (χ1) is 15.3. The molecule has 0 bridgehead atoms. The lowest BCUT2D eigenvalue weighted by molar-refractivity contribution is 0.190. The minimum absolute atomic E-state index is 0.790. The van der Waals surface area contributed by atoms with Crippen LogP contribution in [0.1, 0.15) is 96.5 Å². The first kappa shape index (κ1) is 23.8. The Morgan fingerprint density at radius 3 is 2.10 bits per heavy atom. The molecule has 170 valence electrons. The molecule has 1 aliphatic rings. The second-order valence-electron chi connectivity index (χ2n) is 9.33. The van der Waals surface area contributed by atoms with Gasteiger partial charge >= 0.3 is 0 Å². The number of benzene rings is 1. The highest BCUT2D eigenvalue weighted by atomic mass is 16.5. The van der Waals surface area contributed by atoms with E-state index in [-0.39, 0.29) is 0 Å². The molecular weight excluding hydrogens is 380 g/mol. The van der Waals surface area contributed by atoms with E-state index in [1.807, 2.05) is 12.4 Å². The Hall–Kier alpha value is -1.90. The second kappa shape index (κ2) is 13.5. The molecule has 31 heavy (non-hydrogen) atoms. The molecule has 1 fully saturated rings. The molecule has 2 aromatic rings. The molecule has 0 spiro atoms. The molecule has 0 amide bonds. The Kier molecular flexibility index (Phi) is 10.3. The van der Waals surface area contributed by atoms with E-state index in [4.69, 9.17) is 4.74 Å². The van der Waals surface area contributed by atoms with Crippen LogP contribution in [0.4, 0.5) is 0 Å². The number of aryl methyl sites for hydroxylation is 1. The highest BCUT2D eigenvalue weighted by Gasteiger charge is 2.24. The molecule has 1 saturated carbocycles. The number of rotatable bonds is 13. The van der Waals surface area contributed by atoms with Crippen LogP contribution in [0.5, 0.6) is 5.75 Å². The van der Waals surface area contributed by atoms with Crippen molar-refractivity contribution in [3.05, 3.63) is 42.2 Å². The van der Waals surface area contributed by atoms with Crippen LogP contribution in [-0.4, -0.2) is 16.6 Å². The Labute approximate surface area is 190 Å². The summed E-state index contributed by atoms with van der Waals surface area (Å²) < 4.78 is 6.04. The number of nitrogens with zero attached hydrogens (tertiary/aromatic N) is 2. The molecule has 3 nitrogen and oxygen atoms in total. The van der Waals surface area contributed by atoms with Crippen molar-refractivity contribution in [2.45, 2.75) is 97.3 Å². The van der Waals surface area contributed by atoms with E-state index in [2.05, 4.69) is 48.1 Å². The Bertz CT molecular complexity index is 726. The Morgan fingerprint density at radius 2 is 1.45 bits per heavy atom. The van der Waals surface area contributed by atoms with Crippen molar-refractivity contribution in [3.63, 3.8) is 0 Å². The van der Waals surface area contributed by atoms with Crippen LogP contribution < -0.4 is 4.74 Å². The van der Waals surface area contributed by atoms with Gasteiger partial charge in [-0.1, -0.05) is 71.6 Å². The molecule has 0 saturated heterocycles. The molecule has 3 heteroatoms. The predicted molar refractivity (Wildman–Crippen MR) is 130 cm³/mol. The highest BCUT2D eigenvalue weighted by molar-refractivity contribution is 5.55. The van der Waals surface area contributed by atoms with Gasteiger partial charge in [0.25, 0.3) is 0 Å². The van der Waals surface area contributed by atoms with Crippen molar-refractivity contribution in [2.24, 2.45) is 11.8 Å². The zero-order chi connectivity index (χ0) is 21.7. The van der Waals surface area contributed by atoms with Crippen molar-refractivity contribution < 1.29 is 4.74 Å². The van der Waals surface area contributed by atoms with Crippen molar-refractivity contribution in [3.8, 4) is 17.1 Å². The smallest absolute Gasteiger partial charge is 0.159 e. The SMILES string of the molecule is CCCCCC1CCCCC1CCCOc1ccc(-c2ncc(CCCC)cn2)cc1. The van der Waals surface area contributed by atoms with Gasteiger partial charge in [0.1, 0.15) is 5.75 Å². The highest BCUT2D eigenvalue weighted by Crippen LogP contribution is 2.36. The Balaban J connectivity index is 1.41. The van der Waals surface area contributed by atoms with Gasteiger partial charge in [0.15, 0.2) is 5.82 Å². The van der Waals surface area contributed by atoms with Gasteiger partial charge in [-0.15, -0.1) is 0 Å². The van der Waals surface area contributed by atoms with E-state index in [1.54, 1.807) is 0 Å². The van der Waals surface area contributed by atoms with Gasteiger partial charge in [-0.3, -0.25) is 0 Å². The lowest BCUT2D eigenvalue weighted by atomic mass is 9.74. The van der Waals surface area contributed by atoms with Gasteiger partial charge < -0.3 is 4.74 Å². The number of unbranched alkanes of at least 4 members (excludes halogenated alkanes) is 3. The molecule has 3 rings (SSSR count). The third-order valence-corrected chi connectivity index (χ3v) is 6.87. The first-order valence-corrected chi connectivity index (χ1v) is 12.8. The van der Waals surface area contributed by atoms with Crippen LogP contribution in [0.15, 0.2) is 36.7 Å². The van der Waals surface area contributed by atoms with Gasteiger partial charge in [-0.2, -0.15) is 0 Å². The lowest BCUT2D eigenvalue weighted by Gasteiger charge is -2.31. The summed E-state index contributed by atoms with van der Waals surface area (Å²) in [6, 6.07) is 8.25. The average Bonchev–Trinajstić information content (AvgIpc) is 2.82.